The number of hydrogen-bond donors (Lipinski definition) is 0. The van der Waals surface area contributed by atoms with Crippen molar-refractivity contribution in [2.24, 2.45) is 0 Å². The van der Waals surface area contributed by atoms with Gasteiger partial charge in [0.2, 0.25) is 0 Å². The van der Waals surface area contributed by atoms with Crippen LogP contribution in [0.4, 0.5) is 5.69 Å². The molecule has 0 atom stereocenters. The molecule has 0 bridgehead atoms. The normalized spacial score (nSPS) is 10.3. The Morgan fingerprint density at radius 2 is 2.13 bits per heavy atom. The summed E-state index contributed by atoms with van der Waals surface area (Å²) in [5, 5.41) is 10.8. The molecule has 0 heterocycles. The number of nitro groups is 1. The highest BCUT2D eigenvalue weighted by molar-refractivity contribution is 8.00. The first-order valence-electron chi connectivity index (χ1n) is 4.45. The van der Waals surface area contributed by atoms with Gasteiger partial charge in [0, 0.05) is 27.8 Å². The van der Waals surface area contributed by atoms with Crippen molar-refractivity contribution in [3.63, 3.8) is 0 Å². The summed E-state index contributed by atoms with van der Waals surface area (Å²) < 4.78 is 0. The standard InChI is InChI=1S/C10H11NO3S/c1-7(2)15-10-4-3-9(11(13)14)5-8(10)6-12/h3-7H,1-2H3. The Hall–Kier alpha value is -1.36. The molecule has 0 saturated carbocycles. The van der Waals surface area contributed by atoms with Crippen molar-refractivity contribution in [1.29, 1.82) is 0 Å². The molecule has 15 heavy (non-hydrogen) atoms. The van der Waals surface area contributed by atoms with E-state index in [1.54, 1.807) is 6.07 Å². The van der Waals surface area contributed by atoms with E-state index in [0.29, 0.717) is 17.1 Å². The highest BCUT2D eigenvalue weighted by Gasteiger charge is 2.11. The van der Waals surface area contributed by atoms with Crippen molar-refractivity contribution < 1.29 is 9.72 Å². The van der Waals surface area contributed by atoms with Crippen LogP contribution in [-0.2, 0) is 0 Å². The minimum absolute atomic E-state index is 0.0507. The fourth-order valence-electron chi connectivity index (χ4n) is 1.10. The van der Waals surface area contributed by atoms with Crippen LogP contribution >= 0.6 is 11.8 Å². The Bertz CT molecular complexity index is 390. The highest BCUT2D eigenvalue weighted by Crippen LogP contribution is 2.28. The summed E-state index contributed by atoms with van der Waals surface area (Å²) in [5.41, 5.74) is 0.327. The molecule has 0 radical (unpaired) electrons. The van der Waals surface area contributed by atoms with Crippen LogP contribution in [0.1, 0.15) is 24.2 Å². The molecule has 0 aromatic heterocycles. The fraction of sp³-hybridized carbons (Fsp3) is 0.300. The van der Waals surface area contributed by atoms with Gasteiger partial charge in [-0.3, -0.25) is 14.9 Å². The number of nitrogens with zero attached hydrogens (tertiary/aromatic N) is 1. The maximum absolute atomic E-state index is 10.7. The lowest BCUT2D eigenvalue weighted by Crippen LogP contribution is -1.94. The van der Waals surface area contributed by atoms with Crippen LogP contribution in [0.25, 0.3) is 0 Å². The Morgan fingerprint density at radius 1 is 1.47 bits per heavy atom. The van der Waals surface area contributed by atoms with Crippen molar-refractivity contribution in [2.75, 3.05) is 0 Å². The van der Waals surface area contributed by atoms with Crippen LogP contribution in [0.2, 0.25) is 0 Å². The van der Waals surface area contributed by atoms with E-state index in [-0.39, 0.29) is 5.69 Å². The molecule has 0 amide bonds. The first-order chi connectivity index (χ1) is 7.04. The van der Waals surface area contributed by atoms with E-state index in [1.807, 2.05) is 13.8 Å². The molecule has 0 N–H and O–H groups in total. The Morgan fingerprint density at radius 3 is 2.60 bits per heavy atom. The van der Waals surface area contributed by atoms with Gasteiger partial charge in [-0.05, 0) is 6.07 Å². The van der Waals surface area contributed by atoms with Crippen molar-refractivity contribution in [2.45, 2.75) is 24.0 Å². The van der Waals surface area contributed by atoms with Crippen molar-refractivity contribution in [3.8, 4) is 0 Å². The van der Waals surface area contributed by atoms with E-state index in [9.17, 15) is 14.9 Å². The molecule has 0 aliphatic heterocycles. The lowest BCUT2D eigenvalue weighted by molar-refractivity contribution is -0.384. The summed E-state index contributed by atoms with van der Waals surface area (Å²) in [4.78, 5) is 21.5. The van der Waals surface area contributed by atoms with Crippen LogP contribution in [-0.4, -0.2) is 16.5 Å². The first kappa shape index (κ1) is 11.7. The Kier molecular flexibility index (Phi) is 3.85. The van der Waals surface area contributed by atoms with Gasteiger partial charge in [0.25, 0.3) is 5.69 Å². The van der Waals surface area contributed by atoms with E-state index in [2.05, 4.69) is 0 Å². The lowest BCUT2D eigenvalue weighted by atomic mass is 10.2. The summed E-state index contributed by atoms with van der Waals surface area (Å²) in [7, 11) is 0. The molecule has 1 aromatic carbocycles. The molecule has 0 spiro atoms. The molecule has 80 valence electrons. The maximum Gasteiger partial charge on any atom is 0.270 e. The third kappa shape index (κ3) is 3.06. The van der Waals surface area contributed by atoms with Gasteiger partial charge in [0.15, 0.2) is 6.29 Å². The first-order valence-corrected chi connectivity index (χ1v) is 5.33. The molecular formula is C10H11NO3S. The van der Waals surface area contributed by atoms with E-state index >= 15 is 0 Å². The average Bonchev–Trinajstić information content (AvgIpc) is 2.17. The minimum atomic E-state index is -0.503. The van der Waals surface area contributed by atoms with Gasteiger partial charge in [-0.2, -0.15) is 0 Å². The molecule has 0 aliphatic carbocycles. The Balaban J connectivity index is 3.09. The largest absolute Gasteiger partial charge is 0.298 e. The van der Waals surface area contributed by atoms with Gasteiger partial charge in [0.1, 0.15) is 0 Å². The quantitative estimate of drug-likeness (QED) is 0.342. The van der Waals surface area contributed by atoms with Gasteiger partial charge in [0.05, 0.1) is 4.92 Å². The molecule has 5 heteroatoms. The minimum Gasteiger partial charge on any atom is -0.298 e. The predicted molar refractivity (Wildman–Crippen MR) is 59.5 cm³/mol. The fourth-order valence-corrected chi connectivity index (χ4v) is 2.00. The third-order valence-corrected chi connectivity index (χ3v) is 2.79. The van der Waals surface area contributed by atoms with Crippen molar-refractivity contribution >= 4 is 23.7 Å². The van der Waals surface area contributed by atoms with Crippen molar-refractivity contribution in [3.05, 3.63) is 33.9 Å². The maximum atomic E-state index is 10.7. The number of benzene rings is 1. The number of aldehydes is 1. The summed E-state index contributed by atoms with van der Waals surface area (Å²) in [6.45, 7) is 4.00. The smallest absolute Gasteiger partial charge is 0.270 e. The summed E-state index contributed by atoms with van der Waals surface area (Å²) in [6.07, 6.45) is 0.651. The zero-order chi connectivity index (χ0) is 11.4. The second kappa shape index (κ2) is 4.93. The molecule has 0 fully saturated rings. The second-order valence-corrected chi connectivity index (χ2v) is 4.88. The van der Waals surface area contributed by atoms with Gasteiger partial charge >= 0.3 is 0 Å². The molecule has 0 saturated heterocycles. The number of carbonyl (C=O) groups excluding carboxylic acids is 1. The Labute approximate surface area is 91.8 Å². The van der Waals surface area contributed by atoms with E-state index in [0.717, 1.165) is 4.90 Å². The monoisotopic (exact) mass is 225 g/mol. The van der Waals surface area contributed by atoms with Crippen molar-refractivity contribution in [1.82, 2.24) is 0 Å². The van der Waals surface area contributed by atoms with Gasteiger partial charge in [-0.15, -0.1) is 11.8 Å². The summed E-state index contributed by atoms with van der Waals surface area (Å²) in [5.74, 6) is 0. The van der Waals surface area contributed by atoms with Crippen LogP contribution < -0.4 is 0 Å². The van der Waals surface area contributed by atoms with Gasteiger partial charge in [-0.1, -0.05) is 13.8 Å². The zero-order valence-electron chi connectivity index (χ0n) is 8.47. The number of rotatable bonds is 4. The van der Waals surface area contributed by atoms with Crippen LogP contribution in [0.5, 0.6) is 0 Å². The lowest BCUT2D eigenvalue weighted by Gasteiger charge is -2.06. The molecular weight excluding hydrogens is 214 g/mol. The van der Waals surface area contributed by atoms with Crippen LogP contribution in [0, 0.1) is 10.1 Å². The zero-order valence-corrected chi connectivity index (χ0v) is 9.28. The van der Waals surface area contributed by atoms with Gasteiger partial charge < -0.3 is 0 Å². The molecule has 1 rings (SSSR count). The summed E-state index contributed by atoms with van der Waals surface area (Å²) >= 11 is 1.52. The predicted octanol–water partition coefficient (Wildman–Crippen LogP) is 2.91. The molecule has 0 aliphatic rings. The number of non-ortho nitro benzene ring substituents is 1. The average molecular weight is 225 g/mol. The topological polar surface area (TPSA) is 60.2 Å². The molecule has 0 unspecified atom stereocenters. The number of carbonyl (C=O) groups is 1. The highest BCUT2D eigenvalue weighted by atomic mass is 32.2. The second-order valence-electron chi connectivity index (χ2n) is 3.26. The SMILES string of the molecule is CC(C)Sc1ccc([N+](=O)[O-])cc1C=O. The van der Waals surface area contributed by atoms with E-state index < -0.39 is 4.92 Å². The van der Waals surface area contributed by atoms with Crippen LogP contribution in [0.3, 0.4) is 0 Å². The van der Waals surface area contributed by atoms with E-state index in [1.165, 1.54) is 23.9 Å². The van der Waals surface area contributed by atoms with E-state index in [4.69, 9.17) is 0 Å². The number of hydrogen-bond acceptors (Lipinski definition) is 4. The van der Waals surface area contributed by atoms with Gasteiger partial charge in [-0.25, -0.2) is 0 Å². The number of thioether (sulfide) groups is 1. The molecule has 1 aromatic rings. The third-order valence-electron chi connectivity index (χ3n) is 1.69. The summed E-state index contributed by atoms with van der Waals surface area (Å²) in [6, 6.07) is 4.34. The molecule has 4 nitrogen and oxygen atoms in total. The van der Waals surface area contributed by atoms with Crippen LogP contribution in [0.15, 0.2) is 23.1 Å². The number of nitro benzene ring substituents is 1.